The van der Waals surface area contributed by atoms with Crippen molar-refractivity contribution in [1.82, 2.24) is 14.5 Å². The van der Waals surface area contributed by atoms with Gasteiger partial charge in [0.05, 0.1) is 24.0 Å². The lowest BCUT2D eigenvalue weighted by molar-refractivity contribution is -0.107. The van der Waals surface area contributed by atoms with Crippen molar-refractivity contribution < 1.29 is 14.9 Å². The molecule has 0 bridgehead atoms. The normalized spacial score (nSPS) is 28.1. The van der Waals surface area contributed by atoms with Gasteiger partial charge in [-0.3, -0.25) is 14.3 Å². The highest BCUT2D eigenvalue weighted by Gasteiger charge is 2.44. The number of aliphatic hydroxyl groups is 2. The number of H-pyrrole nitrogens is 2. The maximum absolute atomic E-state index is 12.1. The van der Waals surface area contributed by atoms with Gasteiger partial charge in [0.2, 0.25) is 0 Å². The molecule has 2 aromatic heterocycles. The maximum atomic E-state index is 12.1. The minimum Gasteiger partial charge on any atom is -0.394 e. The number of rotatable bonds is 3. The lowest BCUT2D eigenvalue weighted by Gasteiger charge is -2.26. The summed E-state index contributed by atoms with van der Waals surface area (Å²) < 4.78 is 6.86. The highest BCUT2D eigenvalue weighted by molar-refractivity contribution is 5.56. The summed E-state index contributed by atoms with van der Waals surface area (Å²) in [6.45, 7) is 1.28. The molecule has 4 N–H and O–H groups in total. The van der Waals surface area contributed by atoms with E-state index in [9.17, 15) is 19.8 Å². The summed E-state index contributed by atoms with van der Waals surface area (Å²) in [4.78, 5) is 29.3. The first-order valence-corrected chi connectivity index (χ1v) is 6.91. The van der Waals surface area contributed by atoms with E-state index < -0.39 is 29.2 Å². The Bertz CT molecular complexity index is 779. The number of ether oxygens (including phenoxy) is 1. The van der Waals surface area contributed by atoms with Crippen LogP contribution >= 0.6 is 0 Å². The largest absolute Gasteiger partial charge is 0.394 e. The van der Waals surface area contributed by atoms with Crippen LogP contribution in [0.15, 0.2) is 34.1 Å². The predicted octanol–water partition coefficient (Wildman–Crippen LogP) is -0.654. The number of aromatic amines is 2. The van der Waals surface area contributed by atoms with Crippen LogP contribution in [0, 0.1) is 0 Å². The highest BCUT2D eigenvalue weighted by Crippen LogP contribution is 2.33. The van der Waals surface area contributed by atoms with Crippen molar-refractivity contribution in [2.75, 3.05) is 6.61 Å². The van der Waals surface area contributed by atoms with E-state index in [0.717, 1.165) is 0 Å². The van der Waals surface area contributed by atoms with Gasteiger partial charge in [-0.15, -0.1) is 0 Å². The molecule has 8 heteroatoms. The fourth-order valence-corrected chi connectivity index (χ4v) is 2.80. The molecule has 0 amide bonds. The zero-order valence-corrected chi connectivity index (χ0v) is 11.9. The van der Waals surface area contributed by atoms with E-state index in [4.69, 9.17) is 4.74 Å². The number of nitrogens with zero attached hydrogens (tertiary/aromatic N) is 1. The Morgan fingerprint density at radius 1 is 1.50 bits per heavy atom. The molecule has 1 fully saturated rings. The van der Waals surface area contributed by atoms with E-state index in [-0.39, 0.29) is 18.6 Å². The molecular formula is C14H17N3O5. The van der Waals surface area contributed by atoms with E-state index in [2.05, 4.69) is 9.97 Å². The van der Waals surface area contributed by atoms with Gasteiger partial charge in [0.1, 0.15) is 11.8 Å². The molecule has 2 aromatic rings. The van der Waals surface area contributed by atoms with Gasteiger partial charge >= 0.3 is 5.69 Å². The van der Waals surface area contributed by atoms with Crippen LogP contribution in [0.3, 0.4) is 0 Å². The highest BCUT2D eigenvalue weighted by atomic mass is 16.6. The SMILES string of the molecule is C[C@]1(n2cc(-c3ccc[nH]3)c(=O)[nH]c2=O)C[C@H](O)[C@@H](CO)O1. The molecule has 0 aromatic carbocycles. The van der Waals surface area contributed by atoms with E-state index in [1.54, 1.807) is 25.3 Å². The molecule has 0 spiro atoms. The van der Waals surface area contributed by atoms with E-state index in [0.29, 0.717) is 5.69 Å². The molecule has 8 nitrogen and oxygen atoms in total. The zero-order chi connectivity index (χ0) is 15.9. The van der Waals surface area contributed by atoms with Gasteiger partial charge in [0.25, 0.3) is 5.56 Å². The standard InChI is InChI=1S/C14H17N3O5/c1-14(5-10(19)11(7-18)22-14)17-6-8(9-3-2-4-15-9)12(20)16-13(17)21/h2-4,6,10-11,15,18-19H,5,7H2,1H3,(H,16,20,21)/t10-,11+,14+/m0/s1. The summed E-state index contributed by atoms with van der Waals surface area (Å²) in [5.41, 5.74) is -1.43. The topological polar surface area (TPSA) is 120 Å². The van der Waals surface area contributed by atoms with Crippen LogP contribution in [0.4, 0.5) is 0 Å². The number of hydrogen-bond acceptors (Lipinski definition) is 5. The van der Waals surface area contributed by atoms with Crippen molar-refractivity contribution in [3.63, 3.8) is 0 Å². The fourth-order valence-electron chi connectivity index (χ4n) is 2.80. The van der Waals surface area contributed by atoms with Crippen LogP contribution in [0.1, 0.15) is 13.3 Å². The summed E-state index contributed by atoms with van der Waals surface area (Å²) in [5.74, 6) is 0. The molecule has 0 saturated carbocycles. The molecule has 118 valence electrons. The minimum atomic E-state index is -1.14. The summed E-state index contributed by atoms with van der Waals surface area (Å²) in [5, 5.41) is 19.1. The number of nitrogens with one attached hydrogen (secondary N) is 2. The second-order valence-electron chi connectivity index (χ2n) is 5.54. The van der Waals surface area contributed by atoms with Crippen molar-refractivity contribution in [2.45, 2.75) is 31.3 Å². The van der Waals surface area contributed by atoms with Crippen molar-refractivity contribution >= 4 is 0 Å². The molecular weight excluding hydrogens is 290 g/mol. The van der Waals surface area contributed by atoms with Gasteiger partial charge in [0.15, 0.2) is 0 Å². The van der Waals surface area contributed by atoms with Crippen molar-refractivity contribution in [1.29, 1.82) is 0 Å². The predicted molar refractivity (Wildman–Crippen MR) is 77.3 cm³/mol. The first kappa shape index (κ1) is 14.8. The molecule has 0 radical (unpaired) electrons. The third-order valence-corrected chi connectivity index (χ3v) is 3.94. The Balaban J connectivity index is 2.10. The van der Waals surface area contributed by atoms with Crippen LogP contribution in [0.2, 0.25) is 0 Å². The van der Waals surface area contributed by atoms with Crippen LogP contribution in [0.5, 0.6) is 0 Å². The molecule has 0 unspecified atom stereocenters. The molecule has 3 atom stereocenters. The molecule has 3 heterocycles. The zero-order valence-electron chi connectivity index (χ0n) is 11.9. The van der Waals surface area contributed by atoms with Gasteiger partial charge < -0.3 is 19.9 Å². The Hall–Kier alpha value is -2.16. The average Bonchev–Trinajstić information content (AvgIpc) is 3.07. The third-order valence-electron chi connectivity index (χ3n) is 3.94. The lowest BCUT2D eigenvalue weighted by atomic mass is 10.1. The van der Waals surface area contributed by atoms with Crippen LogP contribution in [-0.4, -0.2) is 43.6 Å². The number of aromatic nitrogens is 3. The Kier molecular flexibility index (Phi) is 3.51. The van der Waals surface area contributed by atoms with Crippen molar-refractivity contribution in [2.24, 2.45) is 0 Å². The van der Waals surface area contributed by atoms with Crippen LogP contribution in [-0.2, 0) is 10.5 Å². The first-order valence-electron chi connectivity index (χ1n) is 6.91. The van der Waals surface area contributed by atoms with Gasteiger partial charge in [-0.1, -0.05) is 0 Å². The van der Waals surface area contributed by atoms with Crippen molar-refractivity contribution in [3.05, 3.63) is 45.4 Å². The monoisotopic (exact) mass is 307 g/mol. The number of aliphatic hydroxyl groups excluding tert-OH is 2. The van der Waals surface area contributed by atoms with E-state index in [1.807, 2.05) is 0 Å². The molecule has 0 aliphatic carbocycles. The molecule has 3 rings (SSSR count). The van der Waals surface area contributed by atoms with E-state index >= 15 is 0 Å². The first-order chi connectivity index (χ1) is 10.4. The minimum absolute atomic E-state index is 0.133. The molecule has 1 aliphatic heterocycles. The molecule has 22 heavy (non-hydrogen) atoms. The quantitative estimate of drug-likeness (QED) is 0.600. The third kappa shape index (κ3) is 2.31. The second-order valence-corrected chi connectivity index (χ2v) is 5.54. The maximum Gasteiger partial charge on any atom is 0.330 e. The Labute approximate surface area is 125 Å². The summed E-state index contributed by atoms with van der Waals surface area (Å²) in [6.07, 6.45) is 1.55. The lowest BCUT2D eigenvalue weighted by Crippen LogP contribution is -2.42. The summed E-state index contributed by atoms with van der Waals surface area (Å²) in [7, 11) is 0. The van der Waals surface area contributed by atoms with E-state index in [1.165, 1.54) is 10.8 Å². The van der Waals surface area contributed by atoms with Crippen LogP contribution in [0.25, 0.3) is 11.3 Å². The van der Waals surface area contributed by atoms with Gasteiger partial charge in [-0.05, 0) is 19.1 Å². The van der Waals surface area contributed by atoms with Gasteiger partial charge in [0, 0.05) is 18.8 Å². The Morgan fingerprint density at radius 3 is 2.86 bits per heavy atom. The van der Waals surface area contributed by atoms with Gasteiger partial charge in [-0.25, -0.2) is 4.79 Å². The molecule has 1 aliphatic rings. The summed E-state index contributed by atoms with van der Waals surface area (Å²) >= 11 is 0. The van der Waals surface area contributed by atoms with Crippen molar-refractivity contribution in [3.8, 4) is 11.3 Å². The second kappa shape index (κ2) is 5.24. The smallest absolute Gasteiger partial charge is 0.330 e. The van der Waals surface area contributed by atoms with Crippen LogP contribution < -0.4 is 11.2 Å². The molecule has 1 saturated heterocycles. The average molecular weight is 307 g/mol. The fraction of sp³-hybridized carbons (Fsp3) is 0.429. The summed E-state index contributed by atoms with van der Waals surface area (Å²) in [6, 6.07) is 3.45. The number of hydrogen-bond donors (Lipinski definition) is 4. The Morgan fingerprint density at radius 2 is 2.27 bits per heavy atom. The van der Waals surface area contributed by atoms with Gasteiger partial charge in [-0.2, -0.15) is 0 Å².